The Kier molecular flexibility index (Phi) is 8.42. The second-order valence-corrected chi connectivity index (χ2v) is 15.9. The molecular formula is C56H37NS. The van der Waals surface area contributed by atoms with Gasteiger partial charge in [-0.1, -0.05) is 182 Å². The first kappa shape index (κ1) is 34.0. The molecule has 0 spiro atoms. The number of thiophene rings is 1. The Morgan fingerprint density at radius 1 is 0.276 bits per heavy atom. The van der Waals surface area contributed by atoms with Crippen LogP contribution in [0.4, 0.5) is 17.1 Å². The van der Waals surface area contributed by atoms with Gasteiger partial charge in [0.15, 0.2) is 0 Å². The summed E-state index contributed by atoms with van der Waals surface area (Å²) in [4.78, 5) is 2.46. The second-order valence-electron chi connectivity index (χ2n) is 14.9. The van der Waals surface area contributed by atoms with E-state index in [2.05, 4.69) is 229 Å². The average Bonchev–Trinajstić information content (AvgIpc) is 3.69. The third-order valence-electron chi connectivity index (χ3n) is 11.4. The standard InChI is InChI=1S/C56H37NS/c1-4-13-38(14-5-1)40-25-30-47(31-26-40)57(48-32-27-41(28-33-48)44-29-34-50-45(35-44)24-23-43-19-10-11-20-49(43)50)54-37-46(39-15-6-2-7-16-39)36-53-52-22-12-21-51(55(52)58-56(53)54)42-17-8-3-9-18-42/h1-37H. The molecule has 0 radical (unpaired) electrons. The zero-order valence-corrected chi connectivity index (χ0v) is 32.5. The lowest BCUT2D eigenvalue weighted by atomic mass is 9.97. The Morgan fingerprint density at radius 2 is 0.793 bits per heavy atom. The topological polar surface area (TPSA) is 3.24 Å². The number of benzene rings is 10. The van der Waals surface area contributed by atoms with E-state index in [1.165, 1.54) is 86.2 Å². The van der Waals surface area contributed by atoms with Crippen molar-refractivity contribution in [2.24, 2.45) is 0 Å². The van der Waals surface area contributed by atoms with Crippen LogP contribution in [0.2, 0.25) is 0 Å². The largest absolute Gasteiger partial charge is 0.309 e. The van der Waals surface area contributed by atoms with Crippen LogP contribution in [0.15, 0.2) is 224 Å². The quantitative estimate of drug-likeness (QED) is 0.146. The molecule has 1 aromatic heterocycles. The third kappa shape index (κ3) is 6.03. The van der Waals surface area contributed by atoms with Crippen LogP contribution >= 0.6 is 11.3 Å². The van der Waals surface area contributed by atoms with Gasteiger partial charge in [-0.15, -0.1) is 11.3 Å². The van der Waals surface area contributed by atoms with Gasteiger partial charge in [-0.2, -0.15) is 0 Å². The number of hydrogen-bond donors (Lipinski definition) is 0. The molecule has 1 nitrogen and oxygen atoms in total. The summed E-state index contributed by atoms with van der Waals surface area (Å²) in [5.74, 6) is 0. The third-order valence-corrected chi connectivity index (χ3v) is 12.7. The summed E-state index contributed by atoms with van der Waals surface area (Å²) >= 11 is 1.89. The molecule has 0 bridgehead atoms. The van der Waals surface area contributed by atoms with Crippen LogP contribution in [-0.4, -0.2) is 0 Å². The van der Waals surface area contributed by atoms with Crippen molar-refractivity contribution in [1.82, 2.24) is 0 Å². The molecule has 11 aromatic rings. The maximum atomic E-state index is 2.46. The molecule has 0 N–H and O–H groups in total. The average molecular weight is 756 g/mol. The maximum absolute atomic E-state index is 2.46. The normalized spacial score (nSPS) is 11.4. The van der Waals surface area contributed by atoms with Gasteiger partial charge in [-0.3, -0.25) is 0 Å². The lowest BCUT2D eigenvalue weighted by molar-refractivity contribution is 1.30. The van der Waals surface area contributed by atoms with E-state index in [9.17, 15) is 0 Å². The Bertz CT molecular complexity index is 3240. The zero-order valence-electron chi connectivity index (χ0n) is 31.7. The summed E-state index contributed by atoms with van der Waals surface area (Å²) < 4.78 is 2.56. The van der Waals surface area contributed by atoms with E-state index in [0.717, 1.165) is 17.1 Å². The van der Waals surface area contributed by atoms with Gasteiger partial charge < -0.3 is 4.90 Å². The van der Waals surface area contributed by atoms with Gasteiger partial charge >= 0.3 is 0 Å². The number of fused-ring (bicyclic) bond motifs is 6. The molecule has 0 fully saturated rings. The van der Waals surface area contributed by atoms with Crippen LogP contribution in [0.25, 0.3) is 86.2 Å². The van der Waals surface area contributed by atoms with E-state index < -0.39 is 0 Å². The van der Waals surface area contributed by atoms with Crippen LogP contribution in [0.5, 0.6) is 0 Å². The number of rotatable bonds is 7. The van der Waals surface area contributed by atoms with E-state index in [4.69, 9.17) is 0 Å². The molecule has 0 aliphatic heterocycles. The van der Waals surface area contributed by atoms with Crippen molar-refractivity contribution in [3.05, 3.63) is 224 Å². The number of anilines is 3. The molecule has 2 heteroatoms. The molecule has 58 heavy (non-hydrogen) atoms. The van der Waals surface area contributed by atoms with Crippen LogP contribution in [0.1, 0.15) is 0 Å². The van der Waals surface area contributed by atoms with Gasteiger partial charge in [-0.05, 0) is 109 Å². The summed E-state index contributed by atoms with van der Waals surface area (Å²) in [5, 5.41) is 7.63. The predicted octanol–water partition coefficient (Wildman–Crippen LogP) is 16.5. The molecule has 10 aromatic carbocycles. The summed E-state index contributed by atoms with van der Waals surface area (Å²) in [6.07, 6.45) is 0. The molecule has 0 saturated carbocycles. The van der Waals surface area contributed by atoms with Crippen molar-refractivity contribution in [2.75, 3.05) is 4.90 Å². The van der Waals surface area contributed by atoms with E-state index in [-0.39, 0.29) is 0 Å². The summed E-state index contributed by atoms with van der Waals surface area (Å²) in [6, 6.07) is 81.9. The van der Waals surface area contributed by atoms with Crippen molar-refractivity contribution in [2.45, 2.75) is 0 Å². The fourth-order valence-corrected chi connectivity index (χ4v) is 9.87. The van der Waals surface area contributed by atoms with E-state index >= 15 is 0 Å². The fraction of sp³-hybridized carbons (Fsp3) is 0. The molecular weight excluding hydrogens is 719 g/mol. The van der Waals surface area contributed by atoms with Crippen molar-refractivity contribution < 1.29 is 0 Å². The highest BCUT2D eigenvalue weighted by Gasteiger charge is 2.21. The van der Waals surface area contributed by atoms with Crippen molar-refractivity contribution >= 4 is 70.1 Å². The molecule has 0 amide bonds. The van der Waals surface area contributed by atoms with Crippen LogP contribution < -0.4 is 4.90 Å². The molecule has 0 atom stereocenters. The minimum Gasteiger partial charge on any atom is -0.309 e. The van der Waals surface area contributed by atoms with Crippen molar-refractivity contribution in [3.8, 4) is 44.5 Å². The predicted molar refractivity (Wildman–Crippen MR) is 251 cm³/mol. The van der Waals surface area contributed by atoms with E-state index in [0.29, 0.717) is 0 Å². The highest BCUT2D eigenvalue weighted by Crippen LogP contribution is 2.49. The second kappa shape index (κ2) is 14.4. The minimum atomic E-state index is 1.11. The molecule has 272 valence electrons. The number of nitrogens with zero attached hydrogens (tertiary/aromatic N) is 1. The molecule has 0 unspecified atom stereocenters. The van der Waals surface area contributed by atoms with Gasteiger partial charge in [0.2, 0.25) is 0 Å². The smallest absolute Gasteiger partial charge is 0.0646 e. The highest BCUT2D eigenvalue weighted by molar-refractivity contribution is 7.27. The molecule has 0 aliphatic rings. The Labute approximate surface area is 342 Å². The van der Waals surface area contributed by atoms with Crippen LogP contribution in [0.3, 0.4) is 0 Å². The minimum absolute atomic E-state index is 1.11. The summed E-state index contributed by atoms with van der Waals surface area (Å²) in [5.41, 5.74) is 13.1. The Balaban J connectivity index is 1.11. The SMILES string of the molecule is c1ccc(-c2ccc(N(c3ccc(-c4ccc5c(ccc6ccccc65)c4)cc3)c3cc(-c4ccccc4)cc4c3sc3c(-c5ccccc5)cccc34)cc2)cc1. The first-order valence-corrected chi connectivity index (χ1v) is 20.6. The zero-order chi connectivity index (χ0) is 38.4. The van der Waals surface area contributed by atoms with Gasteiger partial charge in [0.25, 0.3) is 0 Å². The first-order chi connectivity index (χ1) is 28.7. The van der Waals surface area contributed by atoms with Crippen molar-refractivity contribution in [3.63, 3.8) is 0 Å². The molecule has 0 saturated heterocycles. The molecule has 11 rings (SSSR count). The Hall–Kier alpha value is -7.26. The number of hydrogen-bond acceptors (Lipinski definition) is 2. The fourth-order valence-electron chi connectivity index (χ4n) is 8.55. The van der Waals surface area contributed by atoms with E-state index in [1.54, 1.807) is 0 Å². The molecule has 1 heterocycles. The van der Waals surface area contributed by atoms with E-state index in [1.807, 2.05) is 11.3 Å². The highest BCUT2D eigenvalue weighted by atomic mass is 32.1. The summed E-state index contributed by atoms with van der Waals surface area (Å²) in [6.45, 7) is 0. The first-order valence-electron chi connectivity index (χ1n) is 19.8. The van der Waals surface area contributed by atoms with Gasteiger partial charge in [0, 0.05) is 26.8 Å². The van der Waals surface area contributed by atoms with Crippen LogP contribution in [0, 0.1) is 0 Å². The van der Waals surface area contributed by atoms with Gasteiger partial charge in [0.1, 0.15) is 0 Å². The van der Waals surface area contributed by atoms with Gasteiger partial charge in [-0.25, -0.2) is 0 Å². The lowest BCUT2D eigenvalue weighted by Crippen LogP contribution is -2.10. The maximum Gasteiger partial charge on any atom is 0.0646 e. The lowest BCUT2D eigenvalue weighted by Gasteiger charge is -2.27. The van der Waals surface area contributed by atoms with Crippen LogP contribution in [-0.2, 0) is 0 Å². The Morgan fingerprint density at radius 3 is 1.48 bits per heavy atom. The summed E-state index contributed by atoms with van der Waals surface area (Å²) in [7, 11) is 0. The van der Waals surface area contributed by atoms with Crippen molar-refractivity contribution in [1.29, 1.82) is 0 Å². The van der Waals surface area contributed by atoms with Gasteiger partial charge in [0.05, 0.1) is 10.4 Å². The molecule has 0 aliphatic carbocycles. The monoisotopic (exact) mass is 755 g/mol.